The Morgan fingerprint density at radius 2 is 2.33 bits per heavy atom. The zero-order valence-electron chi connectivity index (χ0n) is 7.98. The van der Waals surface area contributed by atoms with Crippen LogP contribution in [0.3, 0.4) is 0 Å². The summed E-state index contributed by atoms with van der Waals surface area (Å²) in [5, 5.41) is 10.5. The van der Waals surface area contributed by atoms with Crippen molar-refractivity contribution < 1.29 is 9.66 Å². The van der Waals surface area contributed by atoms with Crippen LogP contribution in [-0.4, -0.2) is 11.5 Å². The predicted octanol–water partition coefficient (Wildman–Crippen LogP) is 3.31. The minimum Gasteiger partial charge on any atom is -0.492 e. The third-order valence-corrected chi connectivity index (χ3v) is 2.36. The van der Waals surface area contributed by atoms with Gasteiger partial charge in [-0.25, -0.2) is 0 Å². The van der Waals surface area contributed by atoms with Gasteiger partial charge >= 0.3 is 0 Å². The van der Waals surface area contributed by atoms with Crippen molar-refractivity contribution in [1.29, 1.82) is 0 Å². The average molecular weight is 272 g/mol. The molecule has 0 atom stereocenters. The zero-order valence-corrected chi connectivity index (χ0v) is 9.57. The molecule has 0 unspecified atom stereocenters. The maximum Gasteiger partial charge on any atom is 0.273 e. The van der Waals surface area contributed by atoms with E-state index in [0.29, 0.717) is 23.2 Å². The van der Waals surface area contributed by atoms with Crippen LogP contribution >= 0.6 is 15.9 Å². The lowest BCUT2D eigenvalue weighted by molar-refractivity contribution is -0.385. The molecule has 15 heavy (non-hydrogen) atoms. The molecule has 4 nitrogen and oxygen atoms in total. The molecular weight excluding hydrogens is 262 g/mol. The Balaban J connectivity index is 2.80. The highest BCUT2D eigenvalue weighted by Gasteiger charge is 2.09. The Bertz CT molecular complexity index is 379. The molecule has 0 aliphatic carbocycles. The summed E-state index contributed by atoms with van der Waals surface area (Å²) in [5.41, 5.74) is 0.0202. The Kier molecular flexibility index (Phi) is 4.30. The van der Waals surface area contributed by atoms with Crippen molar-refractivity contribution in [1.82, 2.24) is 0 Å². The van der Waals surface area contributed by atoms with Gasteiger partial charge < -0.3 is 4.74 Å². The van der Waals surface area contributed by atoms with Crippen LogP contribution in [0.2, 0.25) is 0 Å². The number of benzene rings is 1. The van der Waals surface area contributed by atoms with Gasteiger partial charge in [0.2, 0.25) is 0 Å². The fourth-order valence-electron chi connectivity index (χ4n) is 0.968. The van der Waals surface area contributed by atoms with E-state index in [2.05, 4.69) is 22.5 Å². The minimum absolute atomic E-state index is 0.0202. The highest BCUT2D eigenvalue weighted by Crippen LogP contribution is 2.29. The molecule has 0 aromatic heterocycles. The van der Waals surface area contributed by atoms with Crippen molar-refractivity contribution in [2.24, 2.45) is 0 Å². The number of nitro groups is 1. The molecule has 0 aliphatic heterocycles. The van der Waals surface area contributed by atoms with Crippen molar-refractivity contribution in [2.45, 2.75) is 6.42 Å². The molecule has 0 saturated carbocycles. The van der Waals surface area contributed by atoms with Gasteiger partial charge in [0, 0.05) is 6.07 Å². The fourth-order valence-corrected chi connectivity index (χ4v) is 1.33. The Morgan fingerprint density at radius 1 is 1.60 bits per heavy atom. The summed E-state index contributed by atoms with van der Waals surface area (Å²) in [4.78, 5) is 10.1. The third kappa shape index (κ3) is 3.36. The molecule has 0 heterocycles. The van der Waals surface area contributed by atoms with Crippen LogP contribution in [0.25, 0.3) is 0 Å². The SMILES string of the molecule is C=CCCOc1cc([N+](=O)[O-])ccc1Br. The van der Waals surface area contributed by atoms with Gasteiger partial charge in [-0.3, -0.25) is 10.1 Å². The van der Waals surface area contributed by atoms with Gasteiger partial charge in [-0.15, -0.1) is 6.58 Å². The summed E-state index contributed by atoms with van der Waals surface area (Å²) in [6, 6.07) is 4.42. The molecule has 0 spiro atoms. The molecule has 0 aliphatic rings. The number of nitro benzene ring substituents is 1. The number of nitrogens with zero attached hydrogens (tertiary/aromatic N) is 1. The van der Waals surface area contributed by atoms with E-state index in [-0.39, 0.29) is 5.69 Å². The lowest BCUT2D eigenvalue weighted by Gasteiger charge is -2.06. The first-order valence-corrected chi connectivity index (χ1v) is 5.12. The van der Waals surface area contributed by atoms with E-state index in [1.54, 1.807) is 12.1 Å². The minimum atomic E-state index is -0.452. The standard InChI is InChI=1S/C10H10BrNO3/c1-2-3-6-15-10-7-8(12(13)14)4-5-9(10)11/h2,4-5,7H,1,3,6H2. The first-order chi connectivity index (χ1) is 7.15. The van der Waals surface area contributed by atoms with Crippen LogP contribution in [-0.2, 0) is 0 Å². The van der Waals surface area contributed by atoms with E-state index in [4.69, 9.17) is 4.74 Å². The molecule has 0 fully saturated rings. The Hall–Kier alpha value is -1.36. The largest absolute Gasteiger partial charge is 0.492 e. The number of non-ortho nitro benzene ring substituents is 1. The average Bonchev–Trinajstić information content (AvgIpc) is 2.20. The molecule has 5 heteroatoms. The van der Waals surface area contributed by atoms with Gasteiger partial charge in [0.05, 0.1) is 22.1 Å². The van der Waals surface area contributed by atoms with E-state index in [1.165, 1.54) is 12.1 Å². The van der Waals surface area contributed by atoms with Crippen LogP contribution < -0.4 is 4.74 Å². The van der Waals surface area contributed by atoms with Crippen LogP contribution in [0.4, 0.5) is 5.69 Å². The van der Waals surface area contributed by atoms with Gasteiger partial charge in [-0.05, 0) is 28.4 Å². The fraction of sp³-hybridized carbons (Fsp3) is 0.200. The van der Waals surface area contributed by atoms with Crippen LogP contribution in [0.1, 0.15) is 6.42 Å². The number of hydrogen-bond acceptors (Lipinski definition) is 3. The molecule has 0 N–H and O–H groups in total. The maximum absolute atomic E-state index is 10.5. The molecule has 1 aromatic carbocycles. The van der Waals surface area contributed by atoms with Crippen LogP contribution in [0.15, 0.2) is 35.3 Å². The van der Waals surface area contributed by atoms with Crippen molar-refractivity contribution >= 4 is 21.6 Å². The molecule has 0 bridgehead atoms. The maximum atomic E-state index is 10.5. The summed E-state index contributed by atoms with van der Waals surface area (Å²) >= 11 is 3.26. The smallest absolute Gasteiger partial charge is 0.273 e. The van der Waals surface area contributed by atoms with E-state index in [0.717, 1.165) is 0 Å². The third-order valence-electron chi connectivity index (χ3n) is 1.71. The van der Waals surface area contributed by atoms with E-state index < -0.39 is 4.92 Å². The molecule has 1 rings (SSSR count). The Morgan fingerprint density at radius 3 is 2.93 bits per heavy atom. The zero-order chi connectivity index (χ0) is 11.3. The monoisotopic (exact) mass is 271 g/mol. The topological polar surface area (TPSA) is 52.4 Å². The van der Waals surface area contributed by atoms with Gasteiger partial charge in [-0.1, -0.05) is 6.08 Å². The van der Waals surface area contributed by atoms with Crippen molar-refractivity contribution in [3.63, 3.8) is 0 Å². The molecule has 80 valence electrons. The highest BCUT2D eigenvalue weighted by molar-refractivity contribution is 9.10. The second kappa shape index (κ2) is 5.50. The van der Waals surface area contributed by atoms with Gasteiger partial charge in [-0.2, -0.15) is 0 Å². The summed E-state index contributed by atoms with van der Waals surface area (Å²) in [5.74, 6) is 0.478. The van der Waals surface area contributed by atoms with Crippen molar-refractivity contribution in [3.05, 3.63) is 45.4 Å². The summed E-state index contributed by atoms with van der Waals surface area (Å²) in [7, 11) is 0. The van der Waals surface area contributed by atoms with E-state index >= 15 is 0 Å². The van der Waals surface area contributed by atoms with E-state index in [9.17, 15) is 10.1 Å². The van der Waals surface area contributed by atoms with E-state index in [1.807, 2.05) is 0 Å². The van der Waals surface area contributed by atoms with Gasteiger partial charge in [0.1, 0.15) is 5.75 Å². The number of ether oxygens (including phenoxy) is 1. The highest BCUT2D eigenvalue weighted by atomic mass is 79.9. The quantitative estimate of drug-likeness (QED) is 0.357. The Labute approximate surface area is 95.8 Å². The lowest BCUT2D eigenvalue weighted by Crippen LogP contribution is -1.97. The molecular formula is C10H10BrNO3. The summed E-state index contributed by atoms with van der Waals surface area (Å²) < 4.78 is 6.05. The van der Waals surface area contributed by atoms with Gasteiger partial charge in [0.15, 0.2) is 0 Å². The normalized spacial score (nSPS) is 9.67. The first kappa shape index (κ1) is 11.7. The molecule has 1 aromatic rings. The number of rotatable bonds is 5. The molecule has 0 saturated heterocycles. The second-order valence-corrected chi connectivity index (χ2v) is 3.65. The number of halogens is 1. The first-order valence-electron chi connectivity index (χ1n) is 4.33. The van der Waals surface area contributed by atoms with Crippen LogP contribution in [0, 0.1) is 10.1 Å². The summed E-state index contributed by atoms with van der Waals surface area (Å²) in [6.07, 6.45) is 2.43. The van der Waals surface area contributed by atoms with Crippen molar-refractivity contribution in [3.8, 4) is 5.75 Å². The lowest BCUT2D eigenvalue weighted by atomic mass is 10.3. The molecule has 0 radical (unpaired) electrons. The number of hydrogen-bond donors (Lipinski definition) is 0. The predicted molar refractivity (Wildman–Crippen MR) is 61.1 cm³/mol. The van der Waals surface area contributed by atoms with Crippen molar-refractivity contribution in [2.75, 3.05) is 6.61 Å². The second-order valence-electron chi connectivity index (χ2n) is 2.80. The van der Waals surface area contributed by atoms with Gasteiger partial charge in [0.25, 0.3) is 5.69 Å². The molecule has 0 amide bonds. The van der Waals surface area contributed by atoms with Crippen LogP contribution in [0.5, 0.6) is 5.75 Å². The summed E-state index contributed by atoms with van der Waals surface area (Å²) in [6.45, 7) is 4.02.